The summed E-state index contributed by atoms with van der Waals surface area (Å²) in [6.45, 7) is 5.84. The fourth-order valence-electron chi connectivity index (χ4n) is 2.12. The van der Waals surface area contributed by atoms with Gasteiger partial charge >= 0.3 is 0 Å². The molecular formula is C15H17N5OS. The van der Waals surface area contributed by atoms with Gasteiger partial charge in [0, 0.05) is 24.1 Å². The van der Waals surface area contributed by atoms with E-state index in [0.717, 1.165) is 39.0 Å². The van der Waals surface area contributed by atoms with Crippen molar-refractivity contribution in [3.05, 3.63) is 29.6 Å². The number of carbonyl (C=O) groups excluding carboxylic acids is 1. The van der Waals surface area contributed by atoms with Crippen LogP contribution in [0.3, 0.4) is 0 Å². The molecule has 7 heteroatoms. The first kappa shape index (κ1) is 14.6. The molecule has 0 atom stereocenters. The summed E-state index contributed by atoms with van der Waals surface area (Å²) in [7, 11) is 0. The van der Waals surface area contributed by atoms with Crippen LogP contribution in [0, 0.1) is 6.92 Å². The highest BCUT2D eigenvalue weighted by Gasteiger charge is 2.13. The van der Waals surface area contributed by atoms with Crippen molar-refractivity contribution >= 4 is 27.9 Å². The van der Waals surface area contributed by atoms with Gasteiger partial charge in [-0.3, -0.25) is 4.79 Å². The molecule has 0 aliphatic rings. The van der Waals surface area contributed by atoms with E-state index in [-0.39, 0.29) is 5.91 Å². The quantitative estimate of drug-likeness (QED) is 0.803. The van der Waals surface area contributed by atoms with E-state index < -0.39 is 0 Å². The van der Waals surface area contributed by atoms with Crippen LogP contribution in [-0.2, 0) is 11.2 Å². The zero-order valence-electron chi connectivity index (χ0n) is 12.8. The fourth-order valence-corrected chi connectivity index (χ4v) is 2.98. The van der Waals surface area contributed by atoms with E-state index in [0.29, 0.717) is 6.42 Å². The molecule has 2 aromatic heterocycles. The molecule has 0 saturated carbocycles. The minimum Gasteiger partial charge on any atom is -0.326 e. The Morgan fingerprint density at radius 1 is 1.32 bits per heavy atom. The Bertz CT molecular complexity index is 836. The van der Waals surface area contributed by atoms with Gasteiger partial charge in [0.15, 0.2) is 5.82 Å². The minimum atomic E-state index is 0.00617. The monoisotopic (exact) mass is 315 g/mol. The Labute approximate surface area is 132 Å². The number of fused-ring (bicyclic) bond motifs is 1. The lowest BCUT2D eigenvalue weighted by Gasteiger charge is -2.08. The number of hydrogen-bond donors (Lipinski definition) is 1. The third kappa shape index (κ3) is 2.59. The lowest BCUT2D eigenvalue weighted by Crippen LogP contribution is -2.10. The van der Waals surface area contributed by atoms with Crippen LogP contribution in [0.25, 0.3) is 15.5 Å². The second-order valence-corrected chi connectivity index (χ2v) is 5.96. The lowest BCUT2D eigenvalue weighted by molar-refractivity contribution is -0.115. The topological polar surface area (TPSA) is 72.2 Å². The van der Waals surface area contributed by atoms with Gasteiger partial charge in [-0.25, -0.2) is 0 Å². The summed E-state index contributed by atoms with van der Waals surface area (Å²) in [4.78, 5) is 12.4. The number of carbonyl (C=O) groups is 1. The zero-order valence-corrected chi connectivity index (χ0v) is 13.6. The van der Waals surface area contributed by atoms with Gasteiger partial charge in [-0.05, 0) is 18.6 Å². The number of amides is 1. The van der Waals surface area contributed by atoms with Gasteiger partial charge in [-0.1, -0.05) is 37.3 Å². The van der Waals surface area contributed by atoms with E-state index in [2.05, 4.69) is 20.6 Å². The van der Waals surface area contributed by atoms with Crippen LogP contribution in [0.15, 0.2) is 18.2 Å². The molecule has 6 nitrogen and oxygen atoms in total. The fraction of sp³-hybridized carbons (Fsp3) is 0.333. The van der Waals surface area contributed by atoms with Gasteiger partial charge in [-0.15, -0.1) is 10.2 Å². The lowest BCUT2D eigenvalue weighted by atomic mass is 10.1. The maximum absolute atomic E-state index is 11.6. The number of benzene rings is 1. The molecule has 3 rings (SSSR count). The highest BCUT2D eigenvalue weighted by atomic mass is 32.1. The van der Waals surface area contributed by atoms with Crippen molar-refractivity contribution in [1.29, 1.82) is 0 Å². The van der Waals surface area contributed by atoms with Crippen LogP contribution in [0.2, 0.25) is 0 Å². The zero-order chi connectivity index (χ0) is 15.7. The van der Waals surface area contributed by atoms with Gasteiger partial charge in [0.2, 0.25) is 10.9 Å². The van der Waals surface area contributed by atoms with Crippen molar-refractivity contribution in [1.82, 2.24) is 19.8 Å². The van der Waals surface area contributed by atoms with Crippen LogP contribution >= 0.6 is 11.3 Å². The molecule has 114 valence electrons. The normalized spacial score (nSPS) is 11.0. The minimum absolute atomic E-state index is 0.00617. The predicted molar refractivity (Wildman–Crippen MR) is 87.1 cm³/mol. The first-order chi connectivity index (χ1) is 10.6. The summed E-state index contributed by atoms with van der Waals surface area (Å²) < 4.78 is 1.78. The van der Waals surface area contributed by atoms with Crippen LogP contribution in [0.4, 0.5) is 5.69 Å². The summed E-state index contributed by atoms with van der Waals surface area (Å²) in [6, 6.07) is 5.96. The van der Waals surface area contributed by atoms with Crippen LogP contribution in [0.5, 0.6) is 0 Å². The van der Waals surface area contributed by atoms with Crippen molar-refractivity contribution in [2.75, 3.05) is 5.32 Å². The Kier molecular flexibility index (Phi) is 3.89. The molecule has 1 N–H and O–H groups in total. The highest BCUT2D eigenvalue weighted by molar-refractivity contribution is 7.19. The number of nitrogens with zero attached hydrogens (tertiary/aromatic N) is 4. The molecule has 0 unspecified atom stereocenters. The van der Waals surface area contributed by atoms with Crippen molar-refractivity contribution in [2.45, 2.75) is 33.6 Å². The molecule has 0 spiro atoms. The first-order valence-electron chi connectivity index (χ1n) is 7.24. The van der Waals surface area contributed by atoms with Gasteiger partial charge in [0.25, 0.3) is 0 Å². The smallest absolute Gasteiger partial charge is 0.234 e. The Morgan fingerprint density at radius 3 is 2.86 bits per heavy atom. The summed E-state index contributed by atoms with van der Waals surface area (Å²) >= 11 is 1.49. The molecule has 2 heterocycles. The highest BCUT2D eigenvalue weighted by Crippen LogP contribution is 2.29. The number of hydrogen-bond acceptors (Lipinski definition) is 5. The summed E-state index contributed by atoms with van der Waals surface area (Å²) in [5.74, 6) is 0.857. The van der Waals surface area contributed by atoms with E-state index in [1.807, 2.05) is 39.0 Å². The molecule has 0 saturated heterocycles. The Morgan fingerprint density at radius 2 is 2.14 bits per heavy atom. The average Bonchev–Trinajstić information content (AvgIpc) is 3.09. The van der Waals surface area contributed by atoms with Gasteiger partial charge < -0.3 is 5.32 Å². The Balaban J connectivity index is 2.00. The van der Waals surface area contributed by atoms with E-state index in [1.54, 1.807) is 4.52 Å². The number of nitrogens with one attached hydrogen (secondary N) is 1. The van der Waals surface area contributed by atoms with E-state index in [4.69, 9.17) is 0 Å². The van der Waals surface area contributed by atoms with Gasteiger partial charge in [-0.2, -0.15) is 9.61 Å². The van der Waals surface area contributed by atoms with Gasteiger partial charge in [0.05, 0.1) is 0 Å². The number of rotatable bonds is 4. The maximum Gasteiger partial charge on any atom is 0.234 e. The molecule has 0 aliphatic heterocycles. The molecule has 3 aromatic rings. The third-order valence-corrected chi connectivity index (χ3v) is 4.40. The van der Waals surface area contributed by atoms with Crippen LogP contribution in [-0.4, -0.2) is 25.7 Å². The van der Waals surface area contributed by atoms with E-state index >= 15 is 0 Å². The summed E-state index contributed by atoms with van der Waals surface area (Å²) in [5, 5.41) is 16.6. The molecular weight excluding hydrogens is 298 g/mol. The average molecular weight is 315 g/mol. The molecule has 0 bridgehead atoms. The molecule has 0 fully saturated rings. The maximum atomic E-state index is 11.6. The second kappa shape index (κ2) is 5.84. The Hall–Kier alpha value is -2.28. The largest absolute Gasteiger partial charge is 0.326 e. The molecule has 1 aromatic carbocycles. The SMILES string of the molecule is CCC(=O)Nc1cc(-c2nn3c(CC)nnc3s2)ccc1C. The van der Waals surface area contributed by atoms with E-state index in [9.17, 15) is 4.79 Å². The van der Waals surface area contributed by atoms with E-state index in [1.165, 1.54) is 11.3 Å². The van der Waals surface area contributed by atoms with Crippen molar-refractivity contribution in [2.24, 2.45) is 0 Å². The molecule has 1 amide bonds. The first-order valence-corrected chi connectivity index (χ1v) is 8.06. The predicted octanol–water partition coefficient (Wildman–Crippen LogP) is 3.07. The van der Waals surface area contributed by atoms with Crippen molar-refractivity contribution in [3.8, 4) is 10.6 Å². The number of aryl methyl sites for hydroxylation is 2. The molecule has 0 aliphatic carbocycles. The molecule has 0 radical (unpaired) electrons. The number of aromatic nitrogens is 4. The second-order valence-electron chi connectivity index (χ2n) is 5.00. The van der Waals surface area contributed by atoms with Crippen LogP contribution < -0.4 is 5.32 Å². The van der Waals surface area contributed by atoms with Gasteiger partial charge in [0.1, 0.15) is 5.01 Å². The summed E-state index contributed by atoms with van der Waals surface area (Å²) in [5.41, 5.74) is 2.82. The third-order valence-electron chi connectivity index (χ3n) is 3.45. The van der Waals surface area contributed by atoms with Crippen molar-refractivity contribution in [3.63, 3.8) is 0 Å². The van der Waals surface area contributed by atoms with Crippen molar-refractivity contribution < 1.29 is 4.79 Å². The summed E-state index contributed by atoms with van der Waals surface area (Å²) in [6.07, 6.45) is 1.25. The standard InChI is InChI=1S/C15H17N5OS/c1-4-12-17-18-15-20(12)19-14(22-15)10-7-6-9(3)11(8-10)16-13(21)5-2/h6-8H,4-5H2,1-3H3,(H,16,21). The molecule has 22 heavy (non-hydrogen) atoms. The number of anilines is 1. The van der Waals surface area contributed by atoms with Crippen LogP contribution in [0.1, 0.15) is 31.7 Å².